The van der Waals surface area contributed by atoms with Crippen molar-refractivity contribution in [3.63, 3.8) is 0 Å². The summed E-state index contributed by atoms with van der Waals surface area (Å²) < 4.78 is 0. The number of carbonyl (C=O) groups excluding carboxylic acids is 4. The first-order valence-electron chi connectivity index (χ1n) is 9.92. The van der Waals surface area contributed by atoms with E-state index >= 15 is 0 Å². The van der Waals surface area contributed by atoms with Crippen molar-refractivity contribution in [1.29, 1.82) is 0 Å². The minimum absolute atomic E-state index is 0.0796. The summed E-state index contributed by atoms with van der Waals surface area (Å²) in [5, 5.41) is 25.1. The van der Waals surface area contributed by atoms with Gasteiger partial charge in [-0.25, -0.2) is 9.78 Å². The molecule has 0 saturated carbocycles. The summed E-state index contributed by atoms with van der Waals surface area (Å²) in [4.78, 5) is 77.8. The summed E-state index contributed by atoms with van der Waals surface area (Å²) in [7, 11) is 0. The van der Waals surface area contributed by atoms with E-state index in [-0.39, 0.29) is 25.0 Å². The molecule has 0 bridgehead atoms. The Morgan fingerprint density at radius 3 is 2.09 bits per heavy atom. The summed E-state index contributed by atoms with van der Waals surface area (Å²) in [6, 6.07) is -5.61. The lowest BCUT2D eigenvalue weighted by Crippen LogP contribution is -2.58. The first-order valence-corrected chi connectivity index (χ1v) is 10.6. The minimum Gasteiger partial charge on any atom is -0.481 e. The Bertz CT molecular complexity index is 895. The van der Waals surface area contributed by atoms with E-state index in [1.807, 2.05) is 0 Å². The van der Waals surface area contributed by atoms with Crippen LogP contribution >= 0.6 is 12.6 Å². The van der Waals surface area contributed by atoms with Crippen LogP contribution in [0.25, 0.3) is 0 Å². The second-order valence-corrected chi connectivity index (χ2v) is 7.56. The van der Waals surface area contributed by atoms with Crippen molar-refractivity contribution in [2.45, 2.75) is 49.9 Å². The summed E-state index contributed by atoms with van der Waals surface area (Å²) in [6.07, 6.45) is 1.03. The van der Waals surface area contributed by atoms with Gasteiger partial charge in [0.25, 0.3) is 0 Å². The number of carboxylic acid groups (broad SMARTS) is 2. The van der Waals surface area contributed by atoms with Crippen LogP contribution < -0.4 is 27.4 Å². The molecule has 15 nitrogen and oxygen atoms in total. The third-order valence-corrected chi connectivity index (χ3v) is 4.84. The Morgan fingerprint density at radius 1 is 1.00 bits per heavy atom. The first kappa shape index (κ1) is 28.4. The number of thiol groups is 1. The highest BCUT2D eigenvalue weighted by Crippen LogP contribution is 2.04. The number of nitrogens with one attached hydrogen (secondary N) is 4. The fourth-order valence-corrected chi connectivity index (χ4v) is 2.83. The number of nitrogens with zero attached hydrogens (tertiary/aromatic N) is 1. The monoisotopic (exact) mass is 501 g/mol. The second-order valence-electron chi connectivity index (χ2n) is 7.19. The molecule has 0 aliphatic heterocycles. The number of aromatic amines is 1. The van der Waals surface area contributed by atoms with E-state index in [4.69, 9.17) is 16.6 Å². The van der Waals surface area contributed by atoms with Gasteiger partial charge in [0.2, 0.25) is 23.6 Å². The minimum atomic E-state index is -1.61. The average molecular weight is 502 g/mol. The lowest BCUT2D eigenvalue weighted by molar-refractivity contribution is -0.143. The quantitative estimate of drug-likeness (QED) is 0.107. The van der Waals surface area contributed by atoms with Gasteiger partial charge in [-0.3, -0.25) is 24.0 Å². The van der Waals surface area contributed by atoms with Gasteiger partial charge in [0.1, 0.15) is 18.1 Å². The normalized spacial score (nSPS) is 14.2. The molecule has 0 aliphatic carbocycles. The van der Waals surface area contributed by atoms with Gasteiger partial charge in [0.15, 0.2) is 0 Å². The van der Waals surface area contributed by atoms with Crippen molar-refractivity contribution in [1.82, 2.24) is 25.9 Å². The number of nitrogens with two attached hydrogens (primary N) is 2. The molecule has 0 radical (unpaired) electrons. The van der Waals surface area contributed by atoms with E-state index in [0.29, 0.717) is 5.69 Å². The maximum atomic E-state index is 12.8. The number of imidazole rings is 1. The zero-order chi connectivity index (χ0) is 25.8. The molecular formula is C18H27N7O8S. The molecule has 1 rings (SSSR count). The molecule has 16 heteroatoms. The van der Waals surface area contributed by atoms with Crippen molar-refractivity contribution >= 4 is 48.2 Å². The summed E-state index contributed by atoms with van der Waals surface area (Å²) in [6.45, 7) is 0. The largest absolute Gasteiger partial charge is 0.481 e. The number of carboxylic acids is 2. The van der Waals surface area contributed by atoms with Crippen molar-refractivity contribution in [2.75, 3.05) is 5.75 Å². The van der Waals surface area contributed by atoms with E-state index in [9.17, 15) is 33.9 Å². The zero-order valence-electron chi connectivity index (χ0n) is 17.9. The number of carbonyl (C=O) groups is 6. The van der Waals surface area contributed by atoms with E-state index in [1.54, 1.807) is 0 Å². The number of rotatable bonds is 15. The summed E-state index contributed by atoms with van der Waals surface area (Å²) in [5.41, 5.74) is 11.0. The van der Waals surface area contributed by atoms with E-state index in [2.05, 4.69) is 38.5 Å². The number of aliphatic carboxylic acids is 2. The van der Waals surface area contributed by atoms with Crippen LogP contribution in [0.3, 0.4) is 0 Å². The molecule has 0 spiro atoms. The molecule has 10 N–H and O–H groups in total. The number of aromatic nitrogens is 2. The van der Waals surface area contributed by atoms with Crippen LogP contribution in [0, 0.1) is 0 Å². The number of H-pyrrole nitrogens is 1. The molecule has 188 valence electrons. The van der Waals surface area contributed by atoms with Crippen molar-refractivity contribution in [3.05, 3.63) is 18.2 Å². The van der Waals surface area contributed by atoms with Gasteiger partial charge in [-0.15, -0.1) is 0 Å². The number of amides is 4. The maximum Gasteiger partial charge on any atom is 0.326 e. The molecule has 0 aliphatic rings. The molecule has 4 amide bonds. The second kappa shape index (κ2) is 13.8. The molecule has 0 saturated heterocycles. The van der Waals surface area contributed by atoms with Gasteiger partial charge in [-0.2, -0.15) is 12.6 Å². The third kappa shape index (κ3) is 9.86. The molecular weight excluding hydrogens is 474 g/mol. The molecule has 1 aromatic heterocycles. The van der Waals surface area contributed by atoms with Crippen LogP contribution in [0.1, 0.15) is 25.0 Å². The van der Waals surface area contributed by atoms with Gasteiger partial charge in [-0.1, -0.05) is 0 Å². The molecule has 1 aromatic rings. The van der Waals surface area contributed by atoms with E-state index in [1.165, 1.54) is 12.5 Å². The van der Waals surface area contributed by atoms with Gasteiger partial charge in [0, 0.05) is 30.5 Å². The van der Waals surface area contributed by atoms with E-state index in [0.717, 1.165) is 0 Å². The van der Waals surface area contributed by atoms with Crippen molar-refractivity contribution in [2.24, 2.45) is 11.5 Å². The number of hydrogen-bond donors (Lipinski definition) is 9. The lowest BCUT2D eigenvalue weighted by Gasteiger charge is -2.24. The van der Waals surface area contributed by atoms with Crippen LogP contribution in [-0.4, -0.2) is 85.7 Å². The Balaban J connectivity index is 3.01. The van der Waals surface area contributed by atoms with Crippen molar-refractivity contribution in [3.8, 4) is 0 Å². The highest BCUT2D eigenvalue weighted by Gasteiger charge is 2.31. The molecule has 1 heterocycles. The fourth-order valence-electron chi connectivity index (χ4n) is 2.66. The molecule has 4 unspecified atom stereocenters. The molecule has 4 atom stereocenters. The number of hydrogen-bond acceptors (Lipinski definition) is 9. The highest BCUT2D eigenvalue weighted by molar-refractivity contribution is 7.80. The Hall–Kier alpha value is -3.66. The Labute approximate surface area is 198 Å². The molecule has 0 fully saturated rings. The predicted molar refractivity (Wildman–Crippen MR) is 118 cm³/mol. The van der Waals surface area contributed by atoms with Gasteiger partial charge >= 0.3 is 11.9 Å². The summed E-state index contributed by atoms with van der Waals surface area (Å²) >= 11 is 3.85. The van der Waals surface area contributed by atoms with Crippen LogP contribution in [-0.2, 0) is 35.2 Å². The van der Waals surface area contributed by atoms with E-state index < -0.39 is 66.2 Å². The third-order valence-electron chi connectivity index (χ3n) is 4.45. The summed E-state index contributed by atoms with van der Waals surface area (Å²) in [5.74, 6) is -6.55. The molecule has 34 heavy (non-hydrogen) atoms. The standard InChI is InChI=1S/C18H27N7O8S/c19-9(6-34)15(29)24-11(4-14(27)28)17(31)23-10(1-2-13(20)26)16(30)25-12(18(32)33)3-8-5-21-7-22-8/h5,7,9-12,34H,1-4,6,19H2,(H2,20,26)(H,21,22)(H,23,31)(H,24,29)(H,25,30)(H,27,28)(H,32,33). The van der Waals surface area contributed by atoms with Crippen LogP contribution in [0.15, 0.2) is 12.5 Å². The first-order chi connectivity index (χ1) is 15.9. The SMILES string of the molecule is NC(=O)CCC(NC(=O)C(CC(=O)O)NC(=O)C(N)CS)C(=O)NC(Cc1cnc[nH]1)C(=O)O. The number of primary amides is 1. The van der Waals surface area contributed by atoms with Gasteiger partial charge < -0.3 is 42.6 Å². The lowest BCUT2D eigenvalue weighted by atomic mass is 10.1. The van der Waals surface area contributed by atoms with Gasteiger partial charge in [-0.05, 0) is 6.42 Å². The van der Waals surface area contributed by atoms with Crippen LogP contribution in [0.4, 0.5) is 0 Å². The van der Waals surface area contributed by atoms with Gasteiger partial charge in [0.05, 0.1) is 18.8 Å². The maximum absolute atomic E-state index is 12.8. The Kier molecular flexibility index (Phi) is 11.5. The van der Waals surface area contributed by atoms with Crippen LogP contribution in [0.2, 0.25) is 0 Å². The highest BCUT2D eigenvalue weighted by atomic mass is 32.1. The zero-order valence-corrected chi connectivity index (χ0v) is 18.8. The predicted octanol–water partition coefficient (Wildman–Crippen LogP) is -3.51. The topological polar surface area (TPSA) is 260 Å². The fraction of sp³-hybridized carbons (Fsp3) is 0.500. The van der Waals surface area contributed by atoms with Crippen molar-refractivity contribution < 1.29 is 39.0 Å². The molecule has 0 aromatic carbocycles. The smallest absolute Gasteiger partial charge is 0.326 e. The van der Waals surface area contributed by atoms with Crippen LogP contribution in [0.5, 0.6) is 0 Å². The average Bonchev–Trinajstić information content (AvgIpc) is 3.27. The Morgan fingerprint density at radius 2 is 1.59 bits per heavy atom.